The number of nitrogens with one attached hydrogen (secondary N) is 1. The largest absolute Gasteiger partial charge is 0.387 e. The zero-order valence-corrected chi connectivity index (χ0v) is 16.9. The Balaban J connectivity index is 1.73. The molecule has 0 fully saturated rings. The number of pyridine rings is 1. The summed E-state index contributed by atoms with van der Waals surface area (Å²) in [6, 6.07) is 19.2. The SMILES string of the molecule is Cc1cccc(C(O)CN(Cc2ccccc2)C(=O)NCc2cnccc2C)c1. The zero-order chi connectivity index (χ0) is 20.6. The number of aliphatic hydroxyl groups is 1. The first-order valence-electron chi connectivity index (χ1n) is 9.74. The number of hydrogen-bond donors (Lipinski definition) is 2. The predicted molar refractivity (Wildman–Crippen MR) is 114 cm³/mol. The van der Waals surface area contributed by atoms with Gasteiger partial charge in [-0.25, -0.2) is 4.79 Å². The molecule has 3 aromatic rings. The van der Waals surface area contributed by atoms with Gasteiger partial charge in [0.05, 0.1) is 12.6 Å². The van der Waals surface area contributed by atoms with Crippen molar-refractivity contribution in [3.05, 3.63) is 101 Å². The summed E-state index contributed by atoms with van der Waals surface area (Å²) >= 11 is 0. The highest BCUT2D eigenvalue weighted by Gasteiger charge is 2.19. The van der Waals surface area contributed by atoms with Crippen LogP contribution < -0.4 is 5.32 Å². The third-order valence-corrected chi connectivity index (χ3v) is 4.90. The Bertz CT molecular complexity index is 944. The number of benzene rings is 2. The highest BCUT2D eigenvalue weighted by Crippen LogP contribution is 2.17. The molecular formula is C24H27N3O2. The number of carbonyl (C=O) groups is 1. The number of aliphatic hydroxyl groups excluding tert-OH is 1. The lowest BCUT2D eigenvalue weighted by Gasteiger charge is -2.26. The molecule has 0 aliphatic rings. The van der Waals surface area contributed by atoms with Gasteiger partial charge in [0.1, 0.15) is 0 Å². The van der Waals surface area contributed by atoms with E-state index in [0.29, 0.717) is 13.1 Å². The van der Waals surface area contributed by atoms with Crippen molar-refractivity contribution in [2.24, 2.45) is 0 Å². The Morgan fingerprint density at radius 3 is 2.62 bits per heavy atom. The van der Waals surface area contributed by atoms with Crippen LogP contribution in [0.15, 0.2) is 73.1 Å². The maximum absolute atomic E-state index is 12.9. The van der Waals surface area contributed by atoms with Crippen molar-refractivity contribution in [1.82, 2.24) is 15.2 Å². The monoisotopic (exact) mass is 389 g/mol. The van der Waals surface area contributed by atoms with Gasteiger partial charge in [-0.05, 0) is 42.2 Å². The lowest BCUT2D eigenvalue weighted by Crippen LogP contribution is -2.41. The molecule has 1 atom stereocenters. The fourth-order valence-electron chi connectivity index (χ4n) is 3.18. The van der Waals surface area contributed by atoms with Crippen LogP contribution in [-0.2, 0) is 13.1 Å². The van der Waals surface area contributed by atoms with E-state index in [0.717, 1.165) is 27.8 Å². The summed E-state index contributed by atoms with van der Waals surface area (Å²) in [4.78, 5) is 18.7. The van der Waals surface area contributed by atoms with Gasteiger partial charge < -0.3 is 15.3 Å². The minimum atomic E-state index is -0.760. The van der Waals surface area contributed by atoms with Gasteiger partial charge in [0.2, 0.25) is 0 Å². The minimum absolute atomic E-state index is 0.205. The molecule has 1 heterocycles. The van der Waals surface area contributed by atoms with E-state index in [1.165, 1.54) is 0 Å². The van der Waals surface area contributed by atoms with Gasteiger partial charge in [-0.3, -0.25) is 4.98 Å². The number of rotatable bonds is 7. The zero-order valence-electron chi connectivity index (χ0n) is 16.9. The summed E-state index contributed by atoms with van der Waals surface area (Å²) in [5.41, 5.74) is 4.94. The predicted octanol–water partition coefficient (Wildman–Crippen LogP) is 4.14. The summed E-state index contributed by atoms with van der Waals surface area (Å²) in [7, 11) is 0. The number of nitrogens with zero attached hydrogens (tertiary/aromatic N) is 2. The first-order valence-corrected chi connectivity index (χ1v) is 9.74. The Labute approximate surface area is 172 Å². The minimum Gasteiger partial charge on any atom is -0.387 e. The van der Waals surface area contributed by atoms with Gasteiger partial charge in [-0.2, -0.15) is 0 Å². The number of aryl methyl sites for hydroxylation is 2. The number of urea groups is 1. The van der Waals surface area contributed by atoms with Crippen LogP contribution in [0.2, 0.25) is 0 Å². The van der Waals surface area contributed by atoms with Crippen LogP contribution in [0, 0.1) is 13.8 Å². The van der Waals surface area contributed by atoms with Crippen LogP contribution in [0.3, 0.4) is 0 Å². The van der Waals surface area contributed by atoms with Gasteiger partial charge in [0, 0.05) is 25.5 Å². The third-order valence-electron chi connectivity index (χ3n) is 4.90. The van der Waals surface area contributed by atoms with Crippen molar-refractivity contribution in [3.63, 3.8) is 0 Å². The topological polar surface area (TPSA) is 65.5 Å². The smallest absolute Gasteiger partial charge is 0.318 e. The molecule has 3 rings (SSSR count). The van der Waals surface area contributed by atoms with E-state index >= 15 is 0 Å². The van der Waals surface area contributed by atoms with Crippen LogP contribution >= 0.6 is 0 Å². The molecule has 1 aromatic heterocycles. The molecule has 2 amide bonds. The Hall–Kier alpha value is -3.18. The molecule has 0 spiro atoms. The summed E-state index contributed by atoms with van der Waals surface area (Å²) < 4.78 is 0. The second-order valence-electron chi connectivity index (χ2n) is 7.26. The average molecular weight is 389 g/mol. The lowest BCUT2D eigenvalue weighted by atomic mass is 10.1. The molecule has 5 nitrogen and oxygen atoms in total. The quantitative estimate of drug-likeness (QED) is 0.638. The molecule has 0 aliphatic heterocycles. The van der Waals surface area contributed by atoms with Crippen LogP contribution in [0.1, 0.15) is 33.9 Å². The molecule has 1 unspecified atom stereocenters. The van der Waals surface area contributed by atoms with E-state index in [1.807, 2.05) is 74.5 Å². The molecule has 2 aromatic carbocycles. The molecule has 2 N–H and O–H groups in total. The molecule has 0 saturated carbocycles. The molecule has 150 valence electrons. The Kier molecular flexibility index (Phi) is 6.98. The molecule has 0 aliphatic carbocycles. The Morgan fingerprint density at radius 1 is 1.10 bits per heavy atom. The maximum Gasteiger partial charge on any atom is 0.318 e. The summed E-state index contributed by atoms with van der Waals surface area (Å²) in [5, 5.41) is 13.7. The number of carbonyl (C=O) groups excluding carboxylic acids is 1. The fourth-order valence-corrected chi connectivity index (χ4v) is 3.18. The molecule has 0 bridgehead atoms. The molecular weight excluding hydrogens is 362 g/mol. The van der Waals surface area contributed by atoms with E-state index in [2.05, 4.69) is 10.3 Å². The molecule has 29 heavy (non-hydrogen) atoms. The lowest BCUT2D eigenvalue weighted by molar-refractivity contribution is 0.118. The van der Waals surface area contributed by atoms with Crippen molar-refractivity contribution in [3.8, 4) is 0 Å². The van der Waals surface area contributed by atoms with Crippen molar-refractivity contribution in [1.29, 1.82) is 0 Å². The van der Waals surface area contributed by atoms with E-state index < -0.39 is 6.10 Å². The maximum atomic E-state index is 12.9. The first kappa shape index (κ1) is 20.6. The Morgan fingerprint density at radius 2 is 1.90 bits per heavy atom. The van der Waals surface area contributed by atoms with Crippen molar-refractivity contribution >= 4 is 6.03 Å². The van der Waals surface area contributed by atoms with Crippen LogP contribution in [0.5, 0.6) is 0 Å². The van der Waals surface area contributed by atoms with Gasteiger partial charge in [-0.15, -0.1) is 0 Å². The highest BCUT2D eigenvalue weighted by molar-refractivity contribution is 5.74. The first-order chi connectivity index (χ1) is 14.0. The van der Waals surface area contributed by atoms with Gasteiger partial charge in [0.15, 0.2) is 0 Å². The van der Waals surface area contributed by atoms with Gasteiger partial charge in [-0.1, -0.05) is 60.2 Å². The van der Waals surface area contributed by atoms with Crippen LogP contribution in [0.4, 0.5) is 4.79 Å². The second kappa shape index (κ2) is 9.85. The number of amides is 2. The van der Waals surface area contributed by atoms with E-state index in [9.17, 15) is 9.90 Å². The van der Waals surface area contributed by atoms with Crippen LogP contribution in [0.25, 0.3) is 0 Å². The van der Waals surface area contributed by atoms with E-state index in [4.69, 9.17) is 0 Å². The molecule has 5 heteroatoms. The van der Waals surface area contributed by atoms with Crippen molar-refractivity contribution in [2.75, 3.05) is 6.54 Å². The summed E-state index contributed by atoms with van der Waals surface area (Å²) in [6.07, 6.45) is 2.74. The van der Waals surface area contributed by atoms with E-state index in [-0.39, 0.29) is 12.6 Å². The standard InChI is InChI=1S/C24H27N3O2/c1-18-7-6-10-21(13-18)23(28)17-27(16-20-8-4-3-5-9-20)24(29)26-15-22-14-25-12-11-19(22)2/h3-14,23,28H,15-17H2,1-2H3,(H,26,29). The van der Waals surface area contributed by atoms with Crippen molar-refractivity contribution in [2.45, 2.75) is 33.0 Å². The third kappa shape index (κ3) is 5.90. The highest BCUT2D eigenvalue weighted by atomic mass is 16.3. The summed E-state index contributed by atoms with van der Waals surface area (Å²) in [6.45, 7) is 5.00. The molecule has 0 radical (unpaired) electrons. The van der Waals surface area contributed by atoms with Crippen LogP contribution in [-0.4, -0.2) is 27.6 Å². The second-order valence-corrected chi connectivity index (χ2v) is 7.26. The van der Waals surface area contributed by atoms with Gasteiger partial charge >= 0.3 is 6.03 Å². The molecule has 0 saturated heterocycles. The average Bonchev–Trinajstić information content (AvgIpc) is 2.73. The normalized spacial score (nSPS) is 11.7. The summed E-state index contributed by atoms with van der Waals surface area (Å²) in [5.74, 6) is 0. The number of hydrogen-bond acceptors (Lipinski definition) is 3. The van der Waals surface area contributed by atoms with Crippen molar-refractivity contribution < 1.29 is 9.90 Å². The fraction of sp³-hybridized carbons (Fsp3) is 0.250. The van der Waals surface area contributed by atoms with Gasteiger partial charge in [0.25, 0.3) is 0 Å². The number of aromatic nitrogens is 1. The van der Waals surface area contributed by atoms with E-state index in [1.54, 1.807) is 17.3 Å².